The number of hydrogen-bond donors (Lipinski definition) is 2. The molecular weight excluding hydrogens is 252 g/mol. The van der Waals surface area contributed by atoms with Crippen LogP contribution in [0, 0.1) is 6.92 Å². The third-order valence-electron chi connectivity index (χ3n) is 3.20. The summed E-state index contributed by atoms with van der Waals surface area (Å²) in [6.45, 7) is 2.84. The summed E-state index contributed by atoms with van der Waals surface area (Å²) in [5.74, 6) is 0.576. The molecule has 0 amide bonds. The van der Waals surface area contributed by atoms with Gasteiger partial charge in [-0.05, 0) is 37.5 Å². The molecule has 0 unspecified atom stereocenters. The fourth-order valence-electron chi connectivity index (χ4n) is 2.06. The number of aromatic amines is 1. The Kier molecular flexibility index (Phi) is 3.54. The van der Waals surface area contributed by atoms with Crippen molar-refractivity contribution in [1.29, 1.82) is 0 Å². The van der Waals surface area contributed by atoms with Gasteiger partial charge in [0.2, 0.25) is 5.95 Å². The minimum absolute atomic E-state index is 0.576. The zero-order valence-corrected chi connectivity index (χ0v) is 11.3. The van der Waals surface area contributed by atoms with Crippen molar-refractivity contribution >= 4 is 17.0 Å². The molecule has 0 fully saturated rings. The summed E-state index contributed by atoms with van der Waals surface area (Å²) in [6.07, 6.45) is 3.86. The fraction of sp³-hybridized carbons (Fsp3) is 0.286. The normalized spacial score (nSPS) is 10.8. The lowest BCUT2D eigenvalue weighted by Gasteiger charge is -2.04. The van der Waals surface area contributed by atoms with Gasteiger partial charge in [0.1, 0.15) is 5.52 Å². The molecule has 2 aromatic heterocycles. The van der Waals surface area contributed by atoms with Crippen LogP contribution in [0.25, 0.3) is 11.0 Å². The van der Waals surface area contributed by atoms with Crippen LogP contribution in [0.4, 0.5) is 5.95 Å². The lowest BCUT2D eigenvalue weighted by molar-refractivity contribution is 0.843. The molecule has 6 nitrogen and oxygen atoms in total. The predicted molar refractivity (Wildman–Crippen MR) is 77.5 cm³/mol. The molecule has 0 aliphatic heterocycles. The van der Waals surface area contributed by atoms with Crippen LogP contribution in [0.3, 0.4) is 0 Å². The summed E-state index contributed by atoms with van der Waals surface area (Å²) in [4.78, 5) is 4.42. The van der Waals surface area contributed by atoms with Crippen LogP contribution in [-0.4, -0.2) is 31.9 Å². The number of hydrogen-bond acceptors (Lipinski definition) is 5. The minimum atomic E-state index is 0.576. The Morgan fingerprint density at radius 1 is 1.15 bits per heavy atom. The zero-order valence-electron chi connectivity index (χ0n) is 11.3. The Balaban J connectivity index is 1.56. The highest BCUT2D eigenvalue weighted by molar-refractivity contribution is 5.73. The number of benzene rings is 1. The molecule has 0 aliphatic carbocycles. The lowest BCUT2D eigenvalue weighted by atomic mass is 10.1. The average molecular weight is 268 g/mol. The van der Waals surface area contributed by atoms with Crippen LogP contribution >= 0.6 is 0 Å². The first-order chi connectivity index (χ1) is 9.83. The Morgan fingerprint density at radius 3 is 2.80 bits per heavy atom. The van der Waals surface area contributed by atoms with E-state index in [1.54, 1.807) is 0 Å². The number of para-hydroxylation sites is 1. The van der Waals surface area contributed by atoms with Gasteiger partial charge in [-0.2, -0.15) is 5.10 Å². The van der Waals surface area contributed by atoms with Crippen molar-refractivity contribution in [2.45, 2.75) is 19.8 Å². The molecule has 1 aromatic carbocycles. The first-order valence-corrected chi connectivity index (χ1v) is 6.65. The van der Waals surface area contributed by atoms with E-state index in [9.17, 15) is 0 Å². The minimum Gasteiger partial charge on any atom is -0.353 e. The molecule has 2 N–H and O–H groups in total. The van der Waals surface area contributed by atoms with Crippen LogP contribution in [0.15, 0.2) is 30.5 Å². The third-order valence-corrected chi connectivity index (χ3v) is 3.20. The number of nitrogens with one attached hydrogen (secondary N) is 2. The number of aromatic nitrogens is 5. The summed E-state index contributed by atoms with van der Waals surface area (Å²) < 4.78 is 0. The zero-order chi connectivity index (χ0) is 13.8. The van der Waals surface area contributed by atoms with Crippen molar-refractivity contribution in [1.82, 2.24) is 25.4 Å². The van der Waals surface area contributed by atoms with Crippen molar-refractivity contribution in [3.63, 3.8) is 0 Å². The molecule has 3 aromatic rings. The Morgan fingerprint density at radius 2 is 2.00 bits per heavy atom. The van der Waals surface area contributed by atoms with Crippen LogP contribution in [0.2, 0.25) is 0 Å². The van der Waals surface area contributed by atoms with Gasteiger partial charge in [-0.25, -0.2) is 4.98 Å². The van der Waals surface area contributed by atoms with E-state index in [2.05, 4.69) is 30.7 Å². The number of anilines is 1. The maximum absolute atomic E-state index is 4.42. The van der Waals surface area contributed by atoms with Crippen molar-refractivity contribution in [3.8, 4) is 0 Å². The maximum Gasteiger partial charge on any atom is 0.243 e. The van der Waals surface area contributed by atoms with Crippen LogP contribution < -0.4 is 5.32 Å². The maximum atomic E-state index is 4.42. The Labute approximate surface area is 116 Å². The van der Waals surface area contributed by atoms with Gasteiger partial charge in [0.15, 0.2) is 0 Å². The molecule has 0 radical (unpaired) electrons. The standard InChI is InChI=1S/C14H16N6/c1-10-11(9-16-18-10)5-4-8-15-14-17-12-6-2-3-7-13(12)19-20-14/h2-3,6-7,9H,4-5,8H2,1H3,(H,16,18)(H,15,17,20). The summed E-state index contributed by atoms with van der Waals surface area (Å²) in [6, 6.07) is 7.71. The largest absolute Gasteiger partial charge is 0.353 e. The van der Waals surface area contributed by atoms with E-state index < -0.39 is 0 Å². The van der Waals surface area contributed by atoms with Gasteiger partial charge in [-0.3, -0.25) is 5.10 Å². The smallest absolute Gasteiger partial charge is 0.243 e. The number of aryl methyl sites for hydroxylation is 2. The second kappa shape index (κ2) is 5.64. The van der Waals surface area contributed by atoms with E-state index in [-0.39, 0.29) is 0 Å². The molecule has 3 rings (SSSR count). The first kappa shape index (κ1) is 12.5. The Hall–Kier alpha value is -2.50. The van der Waals surface area contributed by atoms with E-state index in [0.29, 0.717) is 5.95 Å². The summed E-state index contributed by atoms with van der Waals surface area (Å²) in [5.41, 5.74) is 4.06. The lowest BCUT2D eigenvalue weighted by Crippen LogP contribution is -2.07. The third kappa shape index (κ3) is 2.74. The van der Waals surface area contributed by atoms with Crippen molar-refractivity contribution < 1.29 is 0 Å². The molecule has 0 saturated heterocycles. The second-order valence-corrected chi connectivity index (χ2v) is 4.67. The molecule has 0 saturated carbocycles. The van der Waals surface area contributed by atoms with E-state index in [4.69, 9.17) is 0 Å². The quantitative estimate of drug-likeness (QED) is 0.693. The number of rotatable bonds is 5. The van der Waals surface area contributed by atoms with Gasteiger partial charge in [0.25, 0.3) is 0 Å². The molecule has 102 valence electrons. The monoisotopic (exact) mass is 268 g/mol. The van der Waals surface area contributed by atoms with E-state index in [1.165, 1.54) is 5.56 Å². The van der Waals surface area contributed by atoms with Gasteiger partial charge >= 0.3 is 0 Å². The van der Waals surface area contributed by atoms with Crippen LogP contribution in [-0.2, 0) is 6.42 Å². The van der Waals surface area contributed by atoms with Crippen LogP contribution in [0.5, 0.6) is 0 Å². The van der Waals surface area contributed by atoms with Gasteiger partial charge in [-0.1, -0.05) is 12.1 Å². The highest BCUT2D eigenvalue weighted by Gasteiger charge is 2.02. The van der Waals surface area contributed by atoms with Crippen molar-refractivity contribution in [2.24, 2.45) is 0 Å². The molecule has 0 spiro atoms. The molecule has 0 bridgehead atoms. The average Bonchev–Trinajstić information content (AvgIpc) is 2.89. The fourth-order valence-corrected chi connectivity index (χ4v) is 2.06. The highest BCUT2D eigenvalue weighted by Crippen LogP contribution is 2.09. The molecular formula is C14H16N6. The SMILES string of the molecule is Cc1[nH]ncc1CCCNc1nnc2ccccc2n1. The topological polar surface area (TPSA) is 79.4 Å². The predicted octanol–water partition coefficient (Wildman–Crippen LogP) is 2.10. The summed E-state index contributed by atoms with van der Waals surface area (Å²) >= 11 is 0. The van der Waals surface area contributed by atoms with Gasteiger partial charge in [-0.15, -0.1) is 10.2 Å². The number of fused-ring (bicyclic) bond motifs is 1. The molecule has 0 aliphatic rings. The van der Waals surface area contributed by atoms with E-state index >= 15 is 0 Å². The van der Waals surface area contributed by atoms with Gasteiger partial charge in [0.05, 0.1) is 11.7 Å². The Bertz CT molecular complexity index is 705. The molecule has 20 heavy (non-hydrogen) atoms. The number of nitrogens with zero attached hydrogens (tertiary/aromatic N) is 4. The molecule has 2 heterocycles. The first-order valence-electron chi connectivity index (χ1n) is 6.65. The van der Waals surface area contributed by atoms with Crippen molar-refractivity contribution in [3.05, 3.63) is 41.7 Å². The van der Waals surface area contributed by atoms with E-state index in [1.807, 2.05) is 37.4 Å². The molecule has 0 atom stereocenters. The second-order valence-electron chi connectivity index (χ2n) is 4.67. The molecule has 6 heteroatoms. The van der Waals surface area contributed by atoms with Gasteiger partial charge in [0, 0.05) is 12.2 Å². The summed E-state index contributed by atoms with van der Waals surface area (Å²) in [7, 11) is 0. The van der Waals surface area contributed by atoms with Gasteiger partial charge < -0.3 is 5.32 Å². The summed E-state index contributed by atoms with van der Waals surface area (Å²) in [5, 5.41) is 18.4. The van der Waals surface area contributed by atoms with Crippen LogP contribution in [0.1, 0.15) is 17.7 Å². The van der Waals surface area contributed by atoms with E-state index in [0.717, 1.165) is 36.1 Å². The number of H-pyrrole nitrogens is 1. The van der Waals surface area contributed by atoms with Crippen molar-refractivity contribution in [2.75, 3.05) is 11.9 Å². The highest BCUT2D eigenvalue weighted by atomic mass is 15.2.